The van der Waals surface area contributed by atoms with Crippen molar-refractivity contribution in [3.8, 4) is 10.8 Å². The van der Waals surface area contributed by atoms with Gasteiger partial charge in [-0.15, -0.1) is 11.3 Å². The van der Waals surface area contributed by atoms with Gasteiger partial charge in [0.2, 0.25) is 0 Å². The van der Waals surface area contributed by atoms with E-state index in [0.717, 1.165) is 11.3 Å². The van der Waals surface area contributed by atoms with Gasteiger partial charge in [-0.25, -0.2) is 0 Å². The number of hydrogen-bond donors (Lipinski definition) is 1. The van der Waals surface area contributed by atoms with Crippen LogP contribution in [-0.4, -0.2) is 23.4 Å². The number of ether oxygens (including phenoxy) is 1. The smallest absolute Gasteiger partial charge is 0.268 e. The minimum Gasteiger partial charge on any atom is -0.379 e. The van der Waals surface area contributed by atoms with Gasteiger partial charge in [-0.2, -0.15) is 4.98 Å². The molecule has 1 unspecified atom stereocenters. The van der Waals surface area contributed by atoms with Crippen LogP contribution in [0.5, 0.6) is 0 Å². The molecular weight excluding hydrogens is 262 g/mol. The van der Waals surface area contributed by atoms with Crippen molar-refractivity contribution in [1.82, 2.24) is 10.1 Å². The Balaban J connectivity index is 2.24. The van der Waals surface area contributed by atoms with E-state index in [-0.39, 0.29) is 0 Å². The number of hydrogen-bond acceptors (Lipinski definition) is 6. The third kappa shape index (κ3) is 3.02. The average Bonchev–Trinajstić information content (AvgIpc) is 3.03. The lowest BCUT2D eigenvalue weighted by molar-refractivity contribution is 0.0962. The molecule has 104 valence electrons. The fraction of sp³-hybridized carbons (Fsp3) is 0.538. The van der Waals surface area contributed by atoms with Crippen molar-refractivity contribution < 1.29 is 9.26 Å². The van der Waals surface area contributed by atoms with Crippen LogP contribution in [0.3, 0.4) is 0 Å². The number of aryl methyl sites for hydroxylation is 1. The predicted molar refractivity (Wildman–Crippen MR) is 75.0 cm³/mol. The molecule has 1 atom stereocenters. The van der Waals surface area contributed by atoms with Gasteiger partial charge in [-0.05, 0) is 37.3 Å². The molecule has 2 heterocycles. The topological polar surface area (TPSA) is 74.2 Å². The van der Waals surface area contributed by atoms with Gasteiger partial charge in [-0.1, -0.05) is 12.1 Å². The van der Waals surface area contributed by atoms with Crippen molar-refractivity contribution >= 4 is 11.3 Å². The van der Waals surface area contributed by atoms with Crippen molar-refractivity contribution in [1.29, 1.82) is 0 Å². The van der Waals surface area contributed by atoms with Gasteiger partial charge in [0.25, 0.3) is 5.89 Å². The second-order valence-corrected chi connectivity index (χ2v) is 5.52. The van der Waals surface area contributed by atoms with Crippen LogP contribution in [-0.2, 0) is 16.7 Å². The first-order valence-electron chi connectivity index (χ1n) is 6.36. The Morgan fingerprint density at radius 1 is 1.47 bits per heavy atom. The molecule has 0 saturated carbocycles. The molecule has 0 aliphatic heterocycles. The van der Waals surface area contributed by atoms with Gasteiger partial charge >= 0.3 is 0 Å². The molecule has 0 aliphatic rings. The van der Waals surface area contributed by atoms with E-state index in [0.29, 0.717) is 24.9 Å². The molecule has 2 N–H and O–H groups in total. The van der Waals surface area contributed by atoms with Crippen molar-refractivity contribution in [2.75, 3.05) is 13.2 Å². The van der Waals surface area contributed by atoms with Gasteiger partial charge in [0.05, 0.1) is 11.5 Å². The first-order valence-corrected chi connectivity index (χ1v) is 7.24. The Morgan fingerprint density at radius 3 is 2.95 bits per heavy atom. The molecule has 5 nitrogen and oxygen atoms in total. The maximum absolute atomic E-state index is 6.15. The summed E-state index contributed by atoms with van der Waals surface area (Å²) in [6, 6.07) is 2.08. The summed E-state index contributed by atoms with van der Waals surface area (Å²) < 4.78 is 10.7. The molecule has 0 fully saturated rings. The van der Waals surface area contributed by atoms with E-state index in [1.165, 1.54) is 5.56 Å². The molecule has 6 heteroatoms. The molecule has 19 heavy (non-hydrogen) atoms. The van der Waals surface area contributed by atoms with Crippen LogP contribution in [0.4, 0.5) is 0 Å². The van der Waals surface area contributed by atoms with Gasteiger partial charge in [0.15, 0.2) is 5.82 Å². The summed E-state index contributed by atoms with van der Waals surface area (Å²) in [6.07, 6.45) is 0.940. The monoisotopic (exact) mass is 281 g/mol. The molecule has 2 aromatic rings. The Kier molecular flexibility index (Phi) is 4.34. The number of thiophene rings is 1. The number of nitrogens with zero attached hydrogens (tertiary/aromatic N) is 2. The molecule has 0 aromatic carbocycles. The van der Waals surface area contributed by atoms with Crippen LogP contribution in [0.1, 0.15) is 32.2 Å². The molecule has 0 aliphatic carbocycles. The van der Waals surface area contributed by atoms with Crippen LogP contribution in [0.15, 0.2) is 16.0 Å². The van der Waals surface area contributed by atoms with Crippen LogP contribution < -0.4 is 5.73 Å². The van der Waals surface area contributed by atoms with Crippen molar-refractivity contribution in [3.63, 3.8) is 0 Å². The minimum atomic E-state index is -0.735. The quantitative estimate of drug-likeness (QED) is 0.880. The lowest BCUT2D eigenvalue weighted by Crippen LogP contribution is -2.39. The summed E-state index contributed by atoms with van der Waals surface area (Å²) in [4.78, 5) is 5.44. The summed E-state index contributed by atoms with van der Waals surface area (Å²) in [5, 5.41) is 6.02. The Hall–Kier alpha value is -1.24. The van der Waals surface area contributed by atoms with E-state index in [4.69, 9.17) is 15.0 Å². The summed E-state index contributed by atoms with van der Waals surface area (Å²) in [7, 11) is 0. The van der Waals surface area contributed by atoms with Crippen LogP contribution in [0.25, 0.3) is 10.8 Å². The molecular formula is C13H19N3O2S. The van der Waals surface area contributed by atoms with E-state index in [9.17, 15) is 0 Å². The highest BCUT2D eigenvalue weighted by atomic mass is 32.1. The van der Waals surface area contributed by atoms with E-state index < -0.39 is 5.54 Å². The maximum atomic E-state index is 6.15. The summed E-state index contributed by atoms with van der Waals surface area (Å²) in [5.41, 5.74) is 6.63. The van der Waals surface area contributed by atoms with E-state index in [1.807, 2.05) is 19.2 Å². The van der Waals surface area contributed by atoms with E-state index >= 15 is 0 Å². The second-order valence-electron chi connectivity index (χ2n) is 4.61. The molecule has 0 bridgehead atoms. The highest BCUT2D eigenvalue weighted by Gasteiger charge is 2.28. The fourth-order valence-corrected chi connectivity index (χ4v) is 2.64. The largest absolute Gasteiger partial charge is 0.379 e. The Bertz CT molecular complexity index is 533. The highest BCUT2D eigenvalue weighted by Crippen LogP contribution is 2.29. The zero-order valence-corrected chi connectivity index (χ0v) is 12.3. The third-order valence-electron chi connectivity index (χ3n) is 2.86. The van der Waals surface area contributed by atoms with Gasteiger partial charge in [0, 0.05) is 6.61 Å². The SMILES string of the molecule is CCOCC(C)(N)c1noc(-c2sccc2CC)n1. The molecule has 0 spiro atoms. The molecule has 0 saturated heterocycles. The summed E-state index contributed by atoms with van der Waals surface area (Å²) in [5.74, 6) is 1.02. The number of rotatable bonds is 6. The summed E-state index contributed by atoms with van der Waals surface area (Å²) in [6.45, 7) is 6.85. The van der Waals surface area contributed by atoms with Gasteiger partial charge in [-0.3, -0.25) is 0 Å². The minimum absolute atomic E-state index is 0.369. The van der Waals surface area contributed by atoms with Crippen molar-refractivity contribution in [3.05, 3.63) is 22.8 Å². The Labute approximate surface area is 116 Å². The zero-order chi connectivity index (χ0) is 13.9. The van der Waals surface area contributed by atoms with Crippen LogP contribution in [0, 0.1) is 0 Å². The molecule has 2 aromatic heterocycles. The van der Waals surface area contributed by atoms with Crippen molar-refractivity contribution in [2.24, 2.45) is 5.73 Å². The fourth-order valence-electron chi connectivity index (χ4n) is 1.73. The highest BCUT2D eigenvalue weighted by molar-refractivity contribution is 7.13. The first-order chi connectivity index (χ1) is 9.08. The molecule has 2 rings (SSSR count). The predicted octanol–water partition coefficient (Wildman–Crippen LogP) is 2.57. The van der Waals surface area contributed by atoms with Crippen molar-refractivity contribution in [2.45, 2.75) is 32.7 Å². The average molecular weight is 281 g/mol. The lowest BCUT2D eigenvalue weighted by atomic mass is 10.1. The standard InChI is InChI=1S/C13H19N3O2S/c1-4-9-6-7-19-10(9)11-15-12(16-18-11)13(3,14)8-17-5-2/h6-7H,4-5,8,14H2,1-3H3. The lowest BCUT2D eigenvalue weighted by Gasteiger charge is -2.19. The first kappa shape index (κ1) is 14.2. The summed E-state index contributed by atoms with van der Waals surface area (Å²) >= 11 is 1.60. The van der Waals surface area contributed by atoms with E-state index in [1.54, 1.807) is 11.3 Å². The van der Waals surface area contributed by atoms with Crippen LogP contribution in [0.2, 0.25) is 0 Å². The zero-order valence-electron chi connectivity index (χ0n) is 11.5. The number of aromatic nitrogens is 2. The second kappa shape index (κ2) is 5.81. The molecule has 0 radical (unpaired) electrons. The molecule has 0 amide bonds. The van der Waals surface area contributed by atoms with Gasteiger partial charge in [0.1, 0.15) is 5.54 Å². The van der Waals surface area contributed by atoms with E-state index in [2.05, 4.69) is 23.1 Å². The third-order valence-corrected chi connectivity index (χ3v) is 3.81. The normalized spacial score (nSPS) is 14.5. The number of nitrogens with two attached hydrogens (primary N) is 1. The maximum Gasteiger partial charge on any atom is 0.268 e. The van der Waals surface area contributed by atoms with Crippen LogP contribution >= 0.6 is 11.3 Å². The van der Waals surface area contributed by atoms with Gasteiger partial charge < -0.3 is 15.0 Å². The Morgan fingerprint density at radius 2 is 2.26 bits per heavy atom.